The van der Waals surface area contributed by atoms with Gasteiger partial charge in [-0.3, -0.25) is 4.79 Å². The Morgan fingerprint density at radius 3 is 2.21 bits per heavy atom. The van der Waals surface area contributed by atoms with E-state index in [2.05, 4.69) is 19.2 Å². The number of nitrogens with one attached hydrogen (secondary N) is 1. The average molecular weight is 267 g/mol. The molecule has 0 unspecified atom stereocenters. The van der Waals surface area contributed by atoms with E-state index in [9.17, 15) is 4.79 Å². The lowest BCUT2D eigenvalue weighted by atomic mass is 9.73. The van der Waals surface area contributed by atoms with Gasteiger partial charge in [-0.15, -0.1) is 0 Å². The Labute approximate surface area is 117 Å². The number of carboxylic acid groups (broad SMARTS) is 1. The van der Waals surface area contributed by atoms with Crippen LogP contribution in [0.25, 0.3) is 0 Å². The molecule has 0 bridgehead atoms. The van der Waals surface area contributed by atoms with Crippen LogP contribution in [-0.2, 0) is 4.79 Å². The summed E-state index contributed by atoms with van der Waals surface area (Å²) in [4.78, 5) is 10.9. The minimum Gasteiger partial charge on any atom is -0.481 e. The van der Waals surface area contributed by atoms with Gasteiger partial charge in [-0.1, -0.05) is 13.8 Å². The second-order valence-corrected chi connectivity index (χ2v) is 7.40. The Balaban J connectivity index is 1.63. The number of hydrogen-bond donors (Lipinski definition) is 2. The van der Waals surface area contributed by atoms with E-state index in [0.717, 1.165) is 38.1 Å². The third-order valence-electron chi connectivity index (χ3n) is 5.23. The molecule has 0 spiro atoms. The summed E-state index contributed by atoms with van der Waals surface area (Å²) in [7, 11) is 0. The number of aliphatic carboxylic acids is 1. The molecule has 2 rings (SSSR count). The van der Waals surface area contributed by atoms with E-state index in [1.165, 1.54) is 25.7 Å². The fraction of sp³-hybridized carbons (Fsp3) is 0.938. The van der Waals surface area contributed by atoms with Gasteiger partial charge in [-0.2, -0.15) is 0 Å². The van der Waals surface area contributed by atoms with Gasteiger partial charge in [0, 0.05) is 6.04 Å². The molecule has 0 saturated heterocycles. The van der Waals surface area contributed by atoms with Crippen LogP contribution in [0.15, 0.2) is 0 Å². The van der Waals surface area contributed by atoms with Crippen LogP contribution in [-0.4, -0.2) is 23.7 Å². The van der Waals surface area contributed by atoms with Gasteiger partial charge < -0.3 is 10.4 Å². The van der Waals surface area contributed by atoms with Crippen molar-refractivity contribution >= 4 is 5.97 Å². The first-order chi connectivity index (χ1) is 8.96. The number of hydrogen-bond acceptors (Lipinski definition) is 2. The maximum atomic E-state index is 10.9. The highest BCUT2D eigenvalue weighted by Gasteiger charge is 2.28. The second kappa shape index (κ2) is 6.25. The summed E-state index contributed by atoms with van der Waals surface area (Å²) < 4.78 is 0. The molecule has 0 heterocycles. The number of rotatable bonds is 4. The van der Waals surface area contributed by atoms with Crippen LogP contribution in [0.3, 0.4) is 0 Å². The molecule has 0 aliphatic heterocycles. The van der Waals surface area contributed by atoms with Crippen LogP contribution < -0.4 is 5.32 Å². The van der Waals surface area contributed by atoms with Crippen molar-refractivity contribution < 1.29 is 9.90 Å². The summed E-state index contributed by atoms with van der Waals surface area (Å²) in [5.74, 6) is 0.145. The lowest BCUT2D eigenvalue weighted by molar-refractivity contribution is -0.142. The van der Waals surface area contributed by atoms with Crippen LogP contribution >= 0.6 is 0 Å². The van der Waals surface area contributed by atoms with Crippen LogP contribution in [0.4, 0.5) is 0 Å². The molecule has 19 heavy (non-hydrogen) atoms. The van der Waals surface area contributed by atoms with Crippen LogP contribution in [0.2, 0.25) is 0 Å². The molecule has 0 aromatic rings. The van der Waals surface area contributed by atoms with Gasteiger partial charge in [0.1, 0.15) is 0 Å². The van der Waals surface area contributed by atoms with Crippen molar-refractivity contribution in [3.8, 4) is 0 Å². The zero-order valence-corrected chi connectivity index (χ0v) is 12.5. The topological polar surface area (TPSA) is 49.3 Å². The second-order valence-electron chi connectivity index (χ2n) is 7.40. The molecular formula is C16H29NO2. The van der Waals surface area contributed by atoms with Crippen molar-refractivity contribution in [2.75, 3.05) is 6.54 Å². The monoisotopic (exact) mass is 267 g/mol. The van der Waals surface area contributed by atoms with E-state index in [0.29, 0.717) is 11.5 Å². The van der Waals surface area contributed by atoms with Crippen LogP contribution in [0.1, 0.15) is 65.2 Å². The van der Waals surface area contributed by atoms with E-state index in [-0.39, 0.29) is 5.92 Å². The molecule has 2 N–H and O–H groups in total. The Bertz CT molecular complexity index is 296. The third kappa shape index (κ3) is 4.48. The van der Waals surface area contributed by atoms with Crippen molar-refractivity contribution in [2.45, 2.75) is 71.3 Å². The molecule has 3 heteroatoms. The van der Waals surface area contributed by atoms with Gasteiger partial charge in [0.15, 0.2) is 0 Å². The van der Waals surface area contributed by atoms with Gasteiger partial charge >= 0.3 is 5.97 Å². The van der Waals surface area contributed by atoms with Crippen molar-refractivity contribution in [1.82, 2.24) is 5.32 Å². The fourth-order valence-electron chi connectivity index (χ4n) is 3.54. The normalized spacial score (nSPS) is 32.1. The summed E-state index contributed by atoms with van der Waals surface area (Å²) in [5, 5.41) is 12.7. The minimum atomic E-state index is -0.604. The quantitative estimate of drug-likeness (QED) is 0.820. The number of carbonyl (C=O) groups is 1. The highest BCUT2D eigenvalue weighted by molar-refractivity contribution is 5.70. The summed E-state index contributed by atoms with van der Waals surface area (Å²) in [5.41, 5.74) is 0.552. The van der Waals surface area contributed by atoms with Gasteiger partial charge in [0.25, 0.3) is 0 Å². The largest absolute Gasteiger partial charge is 0.481 e. The maximum absolute atomic E-state index is 10.9. The minimum absolute atomic E-state index is 0.0893. The molecule has 0 atom stereocenters. The zero-order valence-electron chi connectivity index (χ0n) is 12.5. The smallest absolute Gasteiger partial charge is 0.306 e. The first kappa shape index (κ1) is 14.8. The molecule has 2 fully saturated rings. The third-order valence-corrected chi connectivity index (χ3v) is 5.23. The SMILES string of the molecule is CC1(C)CCC(CNC2CCC(C(=O)O)CC2)CC1. The average Bonchev–Trinajstić information content (AvgIpc) is 2.38. The Morgan fingerprint density at radius 2 is 1.68 bits per heavy atom. The molecule has 0 amide bonds. The summed E-state index contributed by atoms with van der Waals surface area (Å²) >= 11 is 0. The van der Waals surface area contributed by atoms with Crippen molar-refractivity contribution in [3.63, 3.8) is 0 Å². The van der Waals surface area contributed by atoms with Crippen molar-refractivity contribution in [2.24, 2.45) is 17.3 Å². The standard InChI is InChI=1S/C16H29NO2/c1-16(2)9-7-12(8-10-16)11-17-14-5-3-13(4-6-14)15(18)19/h12-14,17H,3-11H2,1-2H3,(H,18,19). The Morgan fingerprint density at radius 1 is 1.11 bits per heavy atom. The Kier molecular flexibility index (Phi) is 4.88. The molecule has 2 saturated carbocycles. The Hall–Kier alpha value is -0.570. The van der Waals surface area contributed by atoms with E-state index in [1.807, 2.05) is 0 Å². The lowest BCUT2D eigenvalue weighted by Gasteiger charge is -2.35. The van der Waals surface area contributed by atoms with Gasteiger partial charge in [-0.25, -0.2) is 0 Å². The van der Waals surface area contributed by atoms with E-state index in [1.54, 1.807) is 0 Å². The molecule has 0 aromatic carbocycles. The van der Waals surface area contributed by atoms with E-state index < -0.39 is 5.97 Å². The first-order valence-electron chi connectivity index (χ1n) is 7.92. The van der Waals surface area contributed by atoms with Crippen LogP contribution in [0.5, 0.6) is 0 Å². The molecule has 3 nitrogen and oxygen atoms in total. The van der Waals surface area contributed by atoms with Crippen molar-refractivity contribution in [1.29, 1.82) is 0 Å². The van der Waals surface area contributed by atoms with Crippen molar-refractivity contribution in [3.05, 3.63) is 0 Å². The van der Waals surface area contributed by atoms with Crippen LogP contribution in [0, 0.1) is 17.3 Å². The van der Waals surface area contributed by atoms with Gasteiger partial charge in [-0.05, 0) is 69.2 Å². The highest BCUT2D eigenvalue weighted by atomic mass is 16.4. The van der Waals surface area contributed by atoms with E-state index in [4.69, 9.17) is 5.11 Å². The lowest BCUT2D eigenvalue weighted by Crippen LogP contribution is -2.38. The molecule has 2 aliphatic rings. The maximum Gasteiger partial charge on any atom is 0.306 e. The fourth-order valence-corrected chi connectivity index (χ4v) is 3.54. The number of carboxylic acids is 1. The molecular weight excluding hydrogens is 238 g/mol. The molecule has 2 aliphatic carbocycles. The van der Waals surface area contributed by atoms with Gasteiger partial charge in [0.2, 0.25) is 0 Å². The molecule has 0 aromatic heterocycles. The highest BCUT2D eigenvalue weighted by Crippen LogP contribution is 2.37. The predicted octanol–water partition coefficient (Wildman–Crippen LogP) is 3.44. The van der Waals surface area contributed by atoms with E-state index >= 15 is 0 Å². The first-order valence-corrected chi connectivity index (χ1v) is 7.92. The van der Waals surface area contributed by atoms with Gasteiger partial charge in [0.05, 0.1) is 5.92 Å². The summed E-state index contributed by atoms with van der Waals surface area (Å²) in [6.45, 7) is 5.89. The summed E-state index contributed by atoms with van der Waals surface area (Å²) in [6, 6.07) is 0.561. The predicted molar refractivity (Wildman–Crippen MR) is 77.1 cm³/mol. The molecule has 0 radical (unpaired) electrons. The summed E-state index contributed by atoms with van der Waals surface area (Å²) in [6.07, 6.45) is 9.19. The zero-order chi connectivity index (χ0) is 13.9. The molecule has 110 valence electrons.